The average Bonchev–Trinajstić information content (AvgIpc) is 2.83. The maximum Gasteiger partial charge on any atom is 0.128 e. The molecule has 4 rings (SSSR count). The Morgan fingerprint density at radius 2 is 1.60 bits per heavy atom. The van der Waals surface area contributed by atoms with Gasteiger partial charge < -0.3 is 14.9 Å². The molecule has 1 unspecified atom stereocenters. The highest BCUT2D eigenvalue weighted by atomic mass is 35.5. The normalized spacial score (nSPS) is 15.0. The van der Waals surface area contributed by atoms with E-state index in [2.05, 4.69) is 18.1 Å². The number of nitrogens with zero attached hydrogens (tertiary/aromatic N) is 1. The molecule has 35 heavy (non-hydrogen) atoms. The Morgan fingerprint density at radius 3 is 2.26 bits per heavy atom. The lowest BCUT2D eigenvalue weighted by atomic mass is 9.89. The fraction of sp³-hybridized carbons (Fsp3) is 0.241. The molecule has 1 aliphatic heterocycles. The number of phenols is 2. The quantitative estimate of drug-likeness (QED) is 0.322. The summed E-state index contributed by atoms with van der Waals surface area (Å²) in [7, 11) is 0. The molecule has 1 heterocycles. The number of halogens is 2. The Morgan fingerprint density at radius 1 is 0.914 bits per heavy atom. The van der Waals surface area contributed by atoms with Crippen molar-refractivity contribution in [1.29, 1.82) is 0 Å². The van der Waals surface area contributed by atoms with Crippen LogP contribution in [0, 0.1) is 0 Å². The van der Waals surface area contributed by atoms with Gasteiger partial charge >= 0.3 is 0 Å². The van der Waals surface area contributed by atoms with Gasteiger partial charge in [-0.05, 0) is 77.6 Å². The van der Waals surface area contributed by atoms with Crippen LogP contribution in [-0.2, 0) is 17.6 Å². The molecule has 1 saturated heterocycles. The number of hydrogen-bond acceptors (Lipinski definition) is 4. The summed E-state index contributed by atoms with van der Waals surface area (Å²) in [4.78, 5) is 2.28. The second-order valence-electron chi connectivity index (χ2n) is 8.66. The van der Waals surface area contributed by atoms with E-state index in [0.29, 0.717) is 54.8 Å². The van der Waals surface area contributed by atoms with Gasteiger partial charge in [0.1, 0.15) is 11.5 Å². The van der Waals surface area contributed by atoms with Gasteiger partial charge in [0.2, 0.25) is 0 Å². The van der Waals surface area contributed by atoms with Gasteiger partial charge in [0, 0.05) is 34.3 Å². The molecule has 0 amide bonds. The predicted octanol–water partition coefficient (Wildman–Crippen LogP) is 6.95. The summed E-state index contributed by atoms with van der Waals surface area (Å²) in [5.74, 6) is 0.385. The van der Waals surface area contributed by atoms with Crippen molar-refractivity contribution in [1.82, 2.24) is 4.90 Å². The van der Waals surface area contributed by atoms with Crippen LogP contribution in [0.4, 0.5) is 0 Å². The van der Waals surface area contributed by atoms with Gasteiger partial charge in [-0.2, -0.15) is 0 Å². The maximum atomic E-state index is 11.7. The van der Waals surface area contributed by atoms with Gasteiger partial charge in [0.15, 0.2) is 0 Å². The Hall–Kier alpha value is -2.76. The molecule has 0 saturated carbocycles. The van der Waals surface area contributed by atoms with E-state index in [0.717, 1.165) is 27.8 Å². The maximum absolute atomic E-state index is 11.7. The largest absolute Gasteiger partial charge is 0.508 e. The number of rotatable bonds is 8. The molecular formula is C29H29Cl2NO3. The first kappa shape index (κ1) is 25.3. The second kappa shape index (κ2) is 11.3. The summed E-state index contributed by atoms with van der Waals surface area (Å²) >= 11 is 12.8. The molecule has 2 N–H and O–H groups in total. The summed E-state index contributed by atoms with van der Waals surface area (Å²) in [6.07, 6.45) is 4.76. The zero-order valence-corrected chi connectivity index (χ0v) is 21.0. The van der Waals surface area contributed by atoms with Crippen molar-refractivity contribution < 1.29 is 14.9 Å². The van der Waals surface area contributed by atoms with E-state index >= 15 is 0 Å². The first-order valence-electron chi connectivity index (χ1n) is 11.6. The van der Waals surface area contributed by atoms with Crippen molar-refractivity contribution in [2.24, 2.45) is 0 Å². The lowest BCUT2D eigenvalue weighted by molar-refractivity contribution is 0.0236. The van der Waals surface area contributed by atoms with Crippen molar-refractivity contribution in [3.63, 3.8) is 0 Å². The molecule has 4 nitrogen and oxygen atoms in total. The van der Waals surface area contributed by atoms with Crippen LogP contribution >= 0.6 is 23.2 Å². The summed E-state index contributed by atoms with van der Waals surface area (Å²) < 4.78 is 5.60. The van der Waals surface area contributed by atoms with E-state index in [1.54, 1.807) is 18.2 Å². The molecule has 0 spiro atoms. The highest BCUT2D eigenvalue weighted by Crippen LogP contribution is 2.43. The minimum atomic E-state index is -0.275. The number of morpholine rings is 1. The molecule has 1 fully saturated rings. The molecule has 6 heteroatoms. The van der Waals surface area contributed by atoms with E-state index in [-0.39, 0.29) is 17.5 Å². The van der Waals surface area contributed by atoms with Crippen molar-refractivity contribution in [2.45, 2.75) is 18.9 Å². The third-order valence-electron chi connectivity index (χ3n) is 6.24. The molecule has 3 aromatic carbocycles. The second-order valence-corrected chi connectivity index (χ2v) is 9.54. The SMILES string of the molecule is C=CCc1cc(-c2ccc(O)c(CC=C)c2)c(O)c(C(c2cc(Cl)cc(Cl)c2)N2CCOCC2)c1. The average molecular weight is 510 g/mol. The Bertz CT molecular complexity index is 1210. The monoisotopic (exact) mass is 509 g/mol. The zero-order valence-electron chi connectivity index (χ0n) is 19.5. The molecule has 0 radical (unpaired) electrons. The van der Waals surface area contributed by atoms with Gasteiger partial charge in [-0.1, -0.05) is 41.4 Å². The number of allylic oxidation sites excluding steroid dienone is 2. The van der Waals surface area contributed by atoms with Gasteiger partial charge in [-0.25, -0.2) is 0 Å². The van der Waals surface area contributed by atoms with Gasteiger partial charge in [0.25, 0.3) is 0 Å². The molecule has 3 aromatic rings. The third kappa shape index (κ3) is 5.74. The van der Waals surface area contributed by atoms with Crippen LogP contribution in [-0.4, -0.2) is 41.4 Å². The van der Waals surface area contributed by atoms with Crippen LogP contribution in [0.2, 0.25) is 10.0 Å². The predicted molar refractivity (Wildman–Crippen MR) is 144 cm³/mol. The van der Waals surface area contributed by atoms with Crippen LogP contribution in [0.5, 0.6) is 11.5 Å². The van der Waals surface area contributed by atoms with E-state index in [4.69, 9.17) is 27.9 Å². The molecule has 0 aromatic heterocycles. The first-order valence-corrected chi connectivity index (χ1v) is 12.3. The summed E-state index contributed by atoms with van der Waals surface area (Å²) in [6.45, 7) is 10.3. The van der Waals surface area contributed by atoms with Gasteiger partial charge in [0.05, 0.1) is 19.3 Å². The lowest BCUT2D eigenvalue weighted by Gasteiger charge is -2.36. The van der Waals surface area contributed by atoms with Crippen LogP contribution < -0.4 is 0 Å². The highest BCUT2D eigenvalue weighted by Gasteiger charge is 2.29. The fourth-order valence-corrected chi connectivity index (χ4v) is 5.20. The van der Waals surface area contributed by atoms with Crippen LogP contribution in [0.3, 0.4) is 0 Å². The number of phenolic OH excluding ortho intramolecular Hbond substituents is 2. The van der Waals surface area contributed by atoms with Gasteiger partial charge in [-0.3, -0.25) is 4.90 Å². The third-order valence-corrected chi connectivity index (χ3v) is 6.68. The molecule has 0 bridgehead atoms. The minimum absolute atomic E-state index is 0.181. The van der Waals surface area contributed by atoms with Gasteiger partial charge in [-0.15, -0.1) is 13.2 Å². The summed E-state index contributed by atoms with van der Waals surface area (Å²) in [5, 5.41) is 23.0. The number of aromatic hydroxyl groups is 2. The highest BCUT2D eigenvalue weighted by molar-refractivity contribution is 6.34. The van der Waals surface area contributed by atoms with E-state index < -0.39 is 0 Å². The Kier molecular flexibility index (Phi) is 8.19. The van der Waals surface area contributed by atoms with E-state index in [1.165, 1.54) is 0 Å². The minimum Gasteiger partial charge on any atom is -0.508 e. The van der Waals surface area contributed by atoms with E-state index in [1.807, 2.05) is 42.5 Å². The lowest BCUT2D eigenvalue weighted by Crippen LogP contribution is -2.39. The van der Waals surface area contributed by atoms with E-state index in [9.17, 15) is 10.2 Å². The topological polar surface area (TPSA) is 52.9 Å². The first-order chi connectivity index (χ1) is 16.9. The number of hydrogen-bond donors (Lipinski definition) is 2. The van der Waals surface area contributed by atoms with Crippen LogP contribution in [0.15, 0.2) is 73.8 Å². The van der Waals surface area contributed by atoms with Crippen molar-refractivity contribution in [3.8, 4) is 22.6 Å². The molecule has 0 aliphatic carbocycles. The molecule has 1 atom stereocenters. The number of benzene rings is 3. The van der Waals surface area contributed by atoms with Crippen LogP contribution in [0.1, 0.15) is 28.3 Å². The molecule has 1 aliphatic rings. The van der Waals surface area contributed by atoms with Crippen molar-refractivity contribution in [2.75, 3.05) is 26.3 Å². The van der Waals surface area contributed by atoms with Crippen molar-refractivity contribution >= 4 is 23.2 Å². The Balaban J connectivity index is 1.93. The van der Waals surface area contributed by atoms with Crippen molar-refractivity contribution in [3.05, 3.63) is 106 Å². The Labute approximate surface area is 216 Å². The number of ether oxygens (including phenoxy) is 1. The molecular weight excluding hydrogens is 481 g/mol. The zero-order chi connectivity index (χ0) is 24.9. The van der Waals surface area contributed by atoms with Crippen LogP contribution in [0.25, 0.3) is 11.1 Å². The summed E-state index contributed by atoms with van der Waals surface area (Å²) in [5.41, 5.74) is 4.94. The standard InChI is InChI=1S/C29H29Cl2NO3/c1-3-5-19-13-25(20-7-8-27(33)21(15-20)6-4-2)29(34)26(14-19)28(32-9-11-35-12-10-32)22-16-23(30)18-24(31)17-22/h3-4,7-8,13-18,28,33-34H,1-2,5-6,9-12H2. The fourth-order valence-electron chi connectivity index (χ4n) is 4.66. The smallest absolute Gasteiger partial charge is 0.128 e. The molecule has 182 valence electrons. The summed E-state index contributed by atoms with van der Waals surface area (Å²) in [6, 6.07) is 14.6.